The van der Waals surface area contributed by atoms with Crippen molar-refractivity contribution in [2.75, 3.05) is 5.32 Å². The molecule has 6 heteroatoms. The van der Waals surface area contributed by atoms with Gasteiger partial charge in [-0.3, -0.25) is 10.1 Å². The van der Waals surface area contributed by atoms with Crippen LogP contribution in [0.15, 0.2) is 18.2 Å². The number of carbonyl (C=O) groups is 1. The van der Waals surface area contributed by atoms with Crippen LogP contribution in [0.4, 0.5) is 11.4 Å². The standard InChI is InChI=1S/C19H28N2O4/c1-19(2,3)25-18(22)14-11-12-16(17(13-14)21(23)24)20-15-9-7-5-4-6-8-10-15/h11-13,15,20H,4-10H2,1-3H3. The van der Waals surface area contributed by atoms with Gasteiger partial charge in [0.15, 0.2) is 0 Å². The molecule has 6 nitrogen and oxygen atoms in total. The van der Waals surface area contributed by atoms with Gasteiger partial charge in [-0.1, -0.05) is 32.1 Å². The van der Waals surface area contributed by atoms with Crippen molar-refractivity contribution in [2.24, 2.45) is 0 Å². The lowest BCUT2D eigenvalue weighted by Gasteiger charge is -2.22. The SMILES string of the molecule is CC(C)(C)OC(=O)c1ccc(NC2CCCCCCC2)c([N+](=O)[O-])c1. The van der Waals surface area contributed by atoms with Gasteiger partial charge in [-0.2, -0.15) is 0 Å². The minimum atomic E-state index is -0.637. The summed E-state index contributed by atoms with van der Waals surface area (Å²) >= 11 is 0. The van der Waals surface area contributed by atoms with Crippen LogP contribution in [0, 0.1) is 10.1 Å². The summed E-state index contributed by atoms with van der Waals surface area (Å²) in [7, 11) is 0. The monoisotopic (exact) mass is 348 g/mol. The van der Waals surface area contributed by atoms with Gasteiger partial charge in [0.2, 0.25) is 0 Å². The van der Waals surface area contributed by atoms with Crippen LogP contribution >= 0.6 is 0 Å². The molecule has 0 saturated heterocycles. The average Bonchev–Trinajstić information content (AvgIpc) is 2.48. The van der Waals surface area contributed by atoms with E-state index in [0.29, 0.717) is 5.69 Å². The molecule has 0 aliphatic heterocycles. The molecule has 1 aromatic rings. The van der Waals surface area contributed by atoms with Gasteiger partial charge in [0, 0.05) is 12.1 Å². The molecular formula is C19H28N2O4. The lowest BCUT2D eigenvalue weighted by molar-refractivity contribution is -0.384. The van der Waals surface area contributed by atoms with E-state index >= 15 is 0 Å². The number of benzene rings is 1. The van der Waals surface area contributed by atoms with E-state index in [1.54, 1.807) is 32.9 Å². The van der Waals surface area contributed by atoms with Crippen molar-refractivity contribution in [1.82, 2.24) is 0 Å². The van der Waals surface area contributed by atoms with Crippen molar-refractivity contribution in [3.05, 3.63) is 33.9 Å². The van der Waals surface area contributed by atoms with Gasteiger partial charge in [-0.25, -0.2) is 4.79 Å². The number of anilines is 1. The third kappa shape index (κ3) is 6.03. The summed E-state index contributed by atoms with van der Waals surface area (Å²) in [4.78, 5) is 23.2. The highest BCUT2D eigenvalue weighted by Gasteiger charge is 2.23. The first-order chi connectivity index (χ1) is 11.8. The summed E-state index contributed by atoms with van der Waals surface area (Å²) < 4.78 is 5.30. The van der Waals surface area contributed by atoms with Crippen molar-refractivity contribution in [3.63, 3.8) is 0 Å². The minimum Gasteiger partial charge on any atom is -0.456 e. The number of nitro benzene ring substituents is 1. The Labute approximate surface area is 149 Å². The number of ether oxygens (including phenoxy) is 1. The normalized spacial score (nSPS) is 16.6. The quantitative estimate of drug-likeness (QED) is 0.466. The number of esters is 1. The van der Waals surface area contributed by atoms with E-state index in [0.717, 1.165) is 25.7 Å². The molecule has 0 spiro atoms. The van der Waals surface area contributed by atoms with Crippen LogP contribution in [0.25, 0.3) is 0 Å². The molecule has 1 aromatic carbocycles. The molecule has 0 atom stereocenters. The number of nitrogens with one attached hydrogen (secondary N) is 1. The van der Waals surface area contributed by atoms with Crippen molar-refractivity contribution in [3.8, 4) is 0 Å². The molecule has 1 aliphatic rings. The van der Waals surface area contributed by atoms with Crippen LogP contribution in [0.1, 0.15) is 76.1 Å². The molecule has 1 N–H and O–H groups in total. The smallest absolute Gasteiger partial charge is 0.338 e. The minimum absolute atomic E-state index is 0.0783. The molecule has 25 heavy (non-hydrogen) atoms. The zero-order chi connectivity index (χ0) is 18.4. The zero-order valence-corrected chi connectivity index (χ0v) is 15.3. The maximum absolute atomic E-state index is 12.2. The Hall–Kier alpha value is -2.11. The molecular weight excluding hydrogens is 320 g/mol. The van der Waals surface area contributed by atoms with Crippen molar-refractivity contribution in [2.45, 2.75) is 77.4 Å². The summed E-state index contributed by atoms with van der Waals surface area (Å²) in [5.41, 5.74) is -0.0418. The molecule has 0 unspecified atom stereocenters. The van der Waals surface area contributed by atoms with E-state index in [4.69, 9.17) is 4.74 Å². The average molecular weight is 348 g/mol. The number of nitro groups is 1. The second-order valence-corrected chi connectivity index (χ2v) is 7.68. The summed E-state index contributed by atoms with van der Waals surface area (Å²) in [5, 5.41) is 14.8. The molecule has 2 rings (SSSR count). The molecule has 1 fully saturated rings. The summed E-state index contributed by atoms with van der Waals surface area (Å²) in [6.45, 7) is 5.30. The van der Waals surface area contributed by atoms with E-state index in [1.807, 2.05) is 0 Å². The van der Waals surface area contributed by atoms with Gasteiger partial charge >= 0.3 is 5.97 Å². The van der Waals surface area contributed by atoms with E-state index < -0.39 is 16.5 Å². The summed E-state index contributed by atoms with van der Waals surface area (Å²) in [6, 6.07) is 4.76. The number of rotatable bonds is 4. The maximum atomic E-state index is 12.2. The van der Waals surface area contributed by atoms with Crippen molar-refractivity contribution in [1.29, 1.82) is 0 Å². The fraction of sp³-hybridized carbons (Fsp3) is 0.632. The molecule has 0 heterocycles. The van der Waals surface area contributed by atoms with Crippen LogP contribution in [0.2, 0.25) is 0 Å². The first-order valence-electron chi connectivity index (χ1n) is 9.04. The fourth-order valence-corrected chi connectivity index (χ4v) is 3.09. The van der Waals surface area contributed by atoms with Crippen LogP contribution in [0.5, 0.6) is 0 Å². The van der Waals surface area contributed by atoms with Crippen LogP contribution in [-0.2, 0) is 4.74 Å². The van der Waals surface area contributed by atoms with Gasteiger partial charge in [0.1, 0.15) is 11.3 Å². The Kier molecular flexibility index (Phi) is 6.39. The van der Waals surface area contributed by atoms with Crippen LogP contribution in [0.3, 0.4) is 0 Å². The second-order valence-electron chi connectivity index (χ2n) is 7.68. The van der Waals surface area contributed by atoms with E-state index in [1.165, 1.54) is 25.3 Å². The van der Waals surface area contributed by atoms with Crippen LogP contribution in [-0.4, -0.2) is 22.5 Å². The number of hydrogen-bond acceptors (Lipinski definition) is 5. The Morgan fingerprint density at radius 3 is 2.32 bits per heavy atom. The molecule has 0 radical (unpaired) electrons. The number of nitrogens with zero attached hydrogens (tertiary/aromatic N) is 1. The Balaban J connectivity index is 2.18. The van der Waals surface area contributed by atoms with Gasteiger partial charge in [-0.05, 0) is 45.7 Å². The number of hydrogen-bond donors (Lipinski definition) is 1. The van der Waals surface area contributed by atoms with Gasteiger partial charge < -0.3 is 10.1 Å². The van der Waals surface area contributed by atoms with Gasteiger partial charge in [0.05, 0.1) is 10.5 Å². The largest absolute Gasteiger partial charge is 0.456 e. The summed E-state index contributed by atoms with van der Waals surface area (Å²) in [5.74, 6) is -0.548. The van der Waals surface area contributed by atoms with Crippen molar-refractivity contribution < 1.29 is 14.5 Å². The molecule has 0 bridgehead atoms. The first kappa shape index (κ1) is 19.2. The molecule has 1 aliphatic carbocycles. The predicted octanol–water partition coefficient (Wildman–Crippen LogP) is 5.07. The van der Waals surface area contributed by atoms with E-state index in [9.17, 15) is 14.9 Å². The Morgan fingerprint density at radius 1 is 1.16 bits per heavy atom. The highest BCUT2D eigenvalue weighted by molar-refractivity contribution is 5.91. The lowest BCUT2D eigenvalue weighted by atomic mass is 9.96. The molecule has 1 saturated carbocycles. The summed E-state index contributed by atoms with van der Waals surface area (Å²) in [6.07, 6.45) is 8.03. The van der Waals surface area contributed by atoms with Gasteiger partial charge in [-0.15, -0.1) is 0 Å². The zero-order valence-electron chi connectivity index (χ0n) is 15.3. The Bertz CT molecular complexity index is 614. The van der Waals surface area contributed by atoms with Crippen LogP contribution < -0.4 is 5.32 Å². The maximum Gasteiger partial charge on any atom is 0.338 e. The topological polar surface area (TPSA) is 81.5 Å². The number of carbonyl (C=O) groups excluding carboxylic acids is 1. The third-order valence-electron chi connectivity index (χ3n) is 4.29. The third-order valence-corrected chi connectivity index (χ3v) is 4.29. The lowest BCUT2D eigenvalue weighted by Crippen LogP contribution is -2.24. The second kappa shape index (κ2) is 8.32. The Morgan fingerprint density at radius 2 is 1.76 bits per heavy atom. The van der Waals surface area contributed by atoms with E-state index in [2.05, 4.69) is 5.32 Å². The van der Waals surface area contributed by atoms with Crippen molar-refractivity contribution >= 4 is 17.3 Å². The van der Waals surface area contributed by atoms with E-state index in [-0.39, 0.29) is 17.3 Å². The fourth-order valence-electron chi connectivity index (χ4n) is 3.09. The molecule has 0 amide bonds. The predicted molar refractivity (Wildman–Crippen MR) is 98.0 cm³/mol. The first-order valence-corrected chi connectivity index (χ1v) is 9.04. The molecule has 138 valence electrons. The highest BCUT2D eigenvalue weighted by atomic mass is 16.6. The molecule has 0 aromatic heterocycles. The highest BCUT2D eigenvalue weighted by Crippen LogP contribution is 2.29. The van der Waals surface area contributed by atoms with Gasteiger partial charge in [0.25, 0.3) is 5.69 Å².